The van der Waals surface area contributed by atoms with E-state index in [1.807, 2.05) is 18.2 Å². The van der Waals surface area contributed by atoms with Gasteiger partial charge in [-0.05, 0) is 128 Å². The fourth-order valence-electron chi connectivity index (χ4n) is 10.5. The van der Waals surface area contributed by atoms with Gasteiger partial charge in [-0.25, -0.2) is 4.79 Å². The number of hydrogen-bond acceptors (Lipinski definition) is 3. The Morgan fingerprint density at radius 1 is 0.935 bits per heavy atom. The summed E-state index contributed by atoms with van der Waals surface area (Å²) in [4.78, 5) is 12.1. The van der Waals surface area contributed by atoms with E-state index < -0.39 is 0 Å². The van der Waals surface area contributed by atoms with E-state index in [-0.39, 0.29) is 12.1 Å². The van der Waals surface area contributed by atoms with Crippen LogP contribution in [0.5, 0.6) is 5.75 Å². The van der Waals surface area contributed by atoms with E-state index in [4.69, 9.17) is 9.47 Å². The summed E-state index contributed by atoms with van der Waals surface area (Å²) in [7, 11) is 0. The van der Waals surface area contributed by atoms with E-state index in [2.05, 4.69) is 68.8 Å². The molecule has 3 saturated carbocycles. The number of allylic oxidation sites excluding steroid dienone is 1. The third kappa shape index (κ3) is 8.35. The summed E-state index contributed by atoms with van der Waals surface area (Å²) in [5.74, 6) is 5.93. The Morgan fingerprint density at radius 3 is 2.48 bits per heavy atom. The van der Waals surface area contributed by atoms with Crippen molar-refractivity contribution in [3.05, 3.63) is 47.6 Å². The van der Waals surface area contributed by atoms with Crippen LogP contribution in [0, 0.1) is 46.3 Å². The molecule has 0 heterocycles. The lowest BCUT2D eigenvalue weighted by atomic mass is 9.47. The highest BCUT2D eigenvalue weighted by Gasteiger charge is 2.59. The van der Waals surface area contributed by atoms with Crippen LogP contribution in [0.25, 0.3) is 6.08 Å². The highest BCUT2D eigenvalue weighted by atomic mass is 79.9. The van der Waals surface area contributed by atoms with Crippen LogP contribution in [-0.2, 0) is 9.53 Å². The van der Waals surface area contributed by atoms with E-state index >= 15 is 0 Å². The molecule has 0 N–H and O–H groups in total. The van der Waals surface area contributed by atoms with Crippen molar-refractivity contribution in [2.75, 3.05) is 11.9 Å². The molecule has 46 heavy (non-hydrogen) atoms. The molecule has 3 nitrogen and oxygen atoms in total. The van der Waals surface area contributed by atoms with Gasteiger partial charge in [-0.3, -0.25) is 0 Å². The van der Waals surface area contributed by atoms with Gasteiger partial charge in [0.1, 0.15) is 11.9 Å². The van der Waals surface area contributed by atoms with Crippen LogP contribution in [0.2, 0.25) is 0 Å². The number of ether oxygens (including phenoxy) is 2. The zero-order valence-electron chi connectivity index (χ0n) is 29.7. The smallest absolute Gasteiger partial charge is 0.330 e. The number of fused-ring (bicyclic) bond motifs is 5. The Bertz CT molecular complexity index is 1190. The number of carbonyl (C=O) groups excluding carboxylic acids is 1. The monoisotopic (exact) mass is 694 g/mol. The van der Waals surface area contributed by atoms with Gasteiger partial charge in [0.15, 0.2) is 0 Å². The average Bonchev–Trinajstić information content (AvgIpc) is 3.39. The predicted molar refractivity (Wildman–Crippen MR) is 196 cm³/mol. The van der Waals surface area contributed by atoms with Crippen molar-refractivity contribution in [2.45, 2.75) is 137 Å². The SMILES string of the molecule is CC(C)CCC[C@@H](C)[C@H]1CCC2C3CC=C4CC(Oc5ccc(C=CC(=O)OCCCCCCBr)cc5)CC[C@]4(C)C3CC[C@@]21C. The van der Waals surface area contributed by atoms with Crippen molar-refractivity contribution in [3.8, 4) is 5.75 Å². The van der Waals surface area contributed by atoms with Crippen molar-refractivity contribution < 1.29 is 14.3 Å². The molecule has 0 aliphatic heterocycles. The summed E-state index contributed by atoms with van der Waals surface area (Å²) >= 11 is 3.45. The highest BCUT2D eigenvalue weighted by molar-refractivity contribution is 9.09. The summed E-state index contributed by atoms with van der Waals surface area (Å²) in [5.41, 5.74) is 3.57. The van der Waals surface area contributed by atoms with Gasteiger partial charge < -0.3 is 9.47 Å². The molecule has 0 saturated heterocycles. The lowest BCUT2D eigenvalue weighted by Crippen LogP contribution is -2.51. The number of carbonyl (C=O) groups is 1. The summed E-state index contributed by atoms with van der Waals surface area (Å²) in [6, 6.07) is 8.18. The fraction of sp³-hybridized carbons (Fsp3) is 0.738. The van der Waals surface area contributed by atoms with Crippen molar-refractivity contribution in [3.63, 3.8) is 0 Å². The van der Waals surface area contributed by atoms with Crippen LogP contribution in [0.15, 0.2) is 42.0 Å². The number of hydrogen-bond donors (Lipinski definition) is 0. The van der Waals surface area contributed by atoms with Gasteiger partial charge >= 0.3 is 5.97 Å². The van der Waals surface area contributed by atoms with Gasteiger partial charge in [0, 0.05) is 17.8 Å². The molecule has 0 bridgehead atoms. The number of unbranched alkanes of at least 4 members (excludes halogenated alkanes) is 3. The number of alkyl halides is 1. The lowest BCUT2D eigenvalue weighted by molar-refractivity contribution is -0.137. The van der Waals surface area contributed by atoms with Crippen LogP contribution in [-0.4, -0.2) is 24.0 Å². The van der Waals surface area contributed by atoms with E-state index in [0.29, 0.717) is 17.4 Å². The van der Waals surface area contributed by atoms with Gasteiger partial charge in [-0.1, -0.05) is 106 Å². The molecule has 3 fully saturated rings. The molecule has 0 spiro atoms. The standard InChI is InChI=1S/C42H63BrO3/c1-30(2)11-10-12-31(3)37-20-21-38-36-19-16-33-29-35(23-25-41(33,4)39(36)24-26-42(37,38)5)46-34-17-13-32(14-18-34)15-22-40(44)45-28-9-7-6-8-27-43/h13-18,22,30-31,35-39H,6-12,19-21,23-29H2,1-5H3/t31-,35?,36?,37-,38?,39?,41+,42-/m1/s1. The molecule has 0 aromatic heterocycles. The van der Waals surface area contributed by atoms with E-state index in [9.17, 15) is 4.79 Å². The third-order valence-corrected chi connectivity index (χ3v) is 13.7. The second kappa shape index (κ2) is 16.2. The topological polar surface area (TPSA) is 35.5 Å². The van der Waals surface area contributed by atoms with Gasteiger partial charge in [0.25, 0.3) is 0 Å². The Morgan fingerprint density at radius 2 is 1.72 bits per heavy atom. The molecule has 0 radical (unpaired) electrons. The molecule has 5 rings (SSSR count). The first-order valence-corrected chi connectivity index (χ1v) is 20.1. The average molecular weight is 696 g/mol. The first-order chi connectivity index (χ1) is 22.1. The number of benzene rings is 1. The van der Waals surface area contributed by atoms with Crippen molar-refractivity contribution in [2.24, 2.45) is 46.3 Å². The van der Waals surface area contributed by atoms with E-state index in [0.717, 1.165) is 77.8 Å². The van der Waals surface area contributed by atoms with Crippen LogP contribution in [0.3, 0.4) is 0 Å². The molecule has 4 aliphatic rings. The molecule has 4 heteroatoms. The summed E-state index contributed by atoms with van der Waals surface area (Å²) in [6.07, 6.45) is 25.4. The minimum Gasteiger partial charge on any atom is -0.490 e. The maximum absolute atomic E-state index is 12.1. The quantitative estimate of drug-likeness (QED) is 0.0602. The van der Waals surface area contributed by atoms with E-state index in [1.165, 1.54) is 76.7 Å². The maximum atomic E-state index is 12.1. The molecule has 1 aromatic carbocycles. The molecule has 0 amide bonds. The maximum Gasteiger partial charge on any atom is 0.330 e. The lowest BCUT2D eigenvalue weighted by Gasteiger charge is -2.58. The Labute approximate surface area is 289 Å². The normalized spacial score (nSPS) is 32.8. The van der Waals surface area contributed by atoms with Crippen LogP contribution in [0.4, 0.5) is 0 Å². The molecule has 4 unspecified atom stereocenters. The number of halogens is 1. The zero-order valence-corrected chi connectivity index (χ0v) is 31.3. The largest absolute Gasteiger partial charge is 0.490 e. The summed E-state index contributed by atoms with van der Waals surface area (Å²) < 4.78 is 11.9. The molecule has 8 atom stereocenters. The molecule has 4 aliphatic carbocycles. The van der Waals surface area contributed by atoms with Crippen molar-refractivity contribution in [1.29, 1.82) is 0 Å². The van der Waals surface area contributed by atoms with Gasteiger partial charge in [0.2, 0.25) is 0 Å². The fourth-order valence-corrected chi connectivity index (χ4v) is 10.9. The first-order valence-electron chi connectivity index (χ1n) is 19.0. The minimum atomic E-state index is -0.268. The van der Waals surface area contributed by atoms with Gasteiger partial charge in [0.05, 0.1) is 6.61 Å². The zero-order chi connectivity index (χ0) is 32.7. The molecule has 1 aromatic rings. The number of rotatable bonds is 15. The minimum absolute atomic E-state index is 0.248. The van der Waals surface area contributed by atoms with Crippen LogP contribution >= 0.6 is 15.9 Å². The van der Waals surface area contributed by atoms with Crippen LogP contribution in [0.1, 0.15) is 136 Å². The molecular weight excluding hydrogens is 632 g/mol. The van der Waals surface area contributed by atoms with Crippen molar-refractivity contribution >= 4 is 28.0 Å². The molecule has 256 valence electrons. The number of esters is 1. The highest BCUT2D eigenvalue weighted by Crippen LogP contribution is 2.67. The second-order valence-corrected chi connectivity index (χ2v) is 17.2. The Hall–Kier alpha value is -1.55. The van der Waals surface area contributed by atoms with Crippen LogP contribution < -0.4 is 4.74 Å². The second-order valence-electron chi connectivity index (χ2n) is 16.4. The summed E-state index contributed by atoms with van der Waals surface area (Å²) in [6.45, 7) is 13.2. The summed E-state index contributed by atoms with van der Waals surface area (Å²) in [5, 5.41) is 1.04. The predicted octanol–water partition coefficient (Wildman–Crippen LogP) is 12.0. The first kappa shape index (κ1) is 35.7. The van der Waals surface area contributed by atoms with Gasteiger partial charge in [-0.2, -0.15) is 0 Å². The van der Waals surface area contributed by atoms with Crippen molar-refractivity contribution in [1.82, 2.24) is 0 Å². The van der Waals surface area contributed by atoms with Gasteiger partial charge in [-0.15, -0.1) is 0 Å². The Balaban J connectivity index is 1.12. The Kier molecular flexibility index (Phi) is 12.6. The molecular formula is C42H63BrO3. The van der Waals surface area contributed by atoms with E-state index in [1.54, 1.807) is 5.57 Å². The third-order valence-electron chi connectivity index (χ3n) is 13.1.